The van der Waals surface area contributed by atoms with Gasteiger partial charge in [-0.25, -0.2) is 0 Å². The van der Waals surface area contributed by atoms with Gasteiger partial charge in [-0.1, -0.05) is 13.8 Å². The molecular formula is C11H24N2O. The summed E-state index contributed by atoms with van der Waals surface area (Å²) in [5.41, 5.74) is 5.85. The number of nitrogens with zero attached hydrogens (tertiary/aromatic N) is 1. The predicted octanol–water partition coefficient (Wildman–Crippen LogP) is 1.08. The molecule has 84 valence electrons. The summed E-state index contributed by atoms with van der Waals surface area (Å²) in [6.07, 6.45) is 2.70. The second-order valence-corrected chi connectivity index (χ2v) is 4.30. The molecule has 0 aromatic rings. The minimum Gasteiger partial charge on any atom is -0.384 e. The largest absolute Gasteiger partial charge is 0.384 e. The summed E-state index contributed by atoms with van der Waals surface area (Å²) in [5, 5.41) is 0. The van der Waals surface area contributed by atoms with Crippen LogP contribution in [0.25, 0.3) is 0 Å². The first-order valence-corrected chi connectivity index (χ1v) is 5.69. The molecule has 1 aliphatic rings. The maximum Gasteiger partial charge on any atom is 0.0503 e. The molecule has 2 unspecified atom stereocenters. The number of hydrogen-bond donors (Lipinski definition) is 1. The molecule has 0 aromatic heterocycles. The average molecular weight is 200 g/mol. The van der Waals surface area contributed by atoms with Gasteiger partial charge in [0.15, 0.2) is 0 Å². The Kier molecular flexibility index (Phi) is 4.85. The molecule has 0 heterocycles. The molecule has 3 heteroatoms. The number of likely N-dealkylation sites (N-methyl/N-ethyl adjacent to an activating group) is 1. The van der Waals surface area contributed by atoms with Crippen LogP contribution >= 0.6 is 0 Å². The molecule has 1 fully saturated rings. The first-order valence-electron chi connectivity index (χ1n) is 5.69. The fraction of sp³-hybridized carbons (Fsp3) is 1.00. The summed E-state index contributed by atoms with van der Waals surface area (Å²) in [6, 6.07) is 1.29. The monoisotopic (exact) mass is 200 g/mol. The van der Waals surface area contributed by atoms with Crippen molar-refractivity contribution in [3.63, 3.8) is 0 Å². The van der Waals surface area contributed by atoms with Crippen LogP contribution in [0.1, 0.15) is 26.7 Å². The fourth-order valence-electron chi connectivity index (χ4n) is 2.24. The van der Waals surface area contributed by atoms with Crippen LogP contribution in [0.3, 0.4) is 0 Å². The Bertz CT molecular complexity index is 159. The molecule has 2 N–H and O–H groups in total. The highest BCUT2D eigenvalue weighted by Crippen LogP contribution is 2.30. The SMILES string of the molecule is CCN(C1CC1)C(CN)C(C)COC. The van der Waals surface area contributed by atoms with Gasteiger partial charge in [0.1, 0.15) is 0 Å². The molecule has 1 rings (SSSR count). The molecule has 0 radical (unpaired) electrons. The summed E-state index contributed by atoms with van der Waals surface area (Å²) in [5.74, 6) is 0.533. The molecule has 0 spiro atoms. The summed E-state index contributed by atoms with van der Waals surface area (Å²) in [7, 11) is 1.76. The van der Waals surface area contributed by atoms with E-state index >= 15 is 0 Å². The van der Waals surface area contributed by atoms with Crippen molar-refractivity contribution in [2.45, 2.75) is 38.8 Å². The predicted molar refractivity (Wildman–Crippen MR) is 59.3 cm³/mol. The van der Waals surface area contributed by atoms with Gasteiger partial charge in [-0.15, -0.1) is 0 Å². The van der Waals surface area contributed by atoms with Crippen LogP contribution in [-0.4, -0.2) is 43.8 Å². The third-order valence-electron chi connectivity index (χ3n) is 3.13. The van der Waals surface area contributed by atoms with E-state index in [1.165, 1.54) is 12.8 Å². The number of hydrogen-bond acceptors (Lipinski definition) is 3. The highest BCUT2D eigenvalue weighted by atomic mass is 16.5. The van der Waals surface area contributed by atoms with Crippen molar-refractivity contribution in [2.75, 3.05) is 26.8 Å². The Morgan fingerprint density at radius 1 is 1.50 bits per heavy atom. The van der Waals surface area contributed by atoms with Crippen LogP contribution in [0, 0.1) is 5.92 Å². The molecule has 0 aromatic carbocycles. The van der Waals surface area contributed by atoms with E-state index in [9.17, 15) is 0 Å². The van der Waals surface area contributed by atoms with E-state index in [4.69, 9.17) is 10.5 Å². The van der Waals surface area contributed by atoms with Gasteiger partial charge in [0.25, 0.3) is 0 Å². The zero-order chi connectivity index (χ0) is 10.6. The van der Waals surface area contributed by atoms with E-state index < -0.39 is 0 Å². The highest BCUT2D eigenvalue weighted by Gasteiger charge is 2.34. The first-order chi connectivity index (χ1) is 6.74. The second-order valence-electron chi connectivity index (χ2n) is 4.30. The van der Waals surface area contributed by atoms with Crippen LogP contribution in [0.5, 0.6) is 0 Å². The molecule has 14 heavy (non-hydrogen) atoms. The first kappa shape index (κ1) is 12.0. The molecule has 1 saturated carbocycles. The lowest BCUT2D eigenvalue weighted by Gasteiger charge is -2.34. The van der Waals surface area contributed by atoms with Gasteiger partial charge >= 0.3 is 0 Å². The minimum atomic E-state index is 0.493. The van der Waals surface area contributed by atoms with Crippen LogP contribution in [0.15, 0.2) is 0 Å². The van der Waals surface area contributed by atoms with Gasteiger partial charge in [-0.05, 0) is 25.3 Å². The third-order valence-corrected chi connectivity index (χ3v) is 3.13. The van der Waals surface area contributed by atoms with Crippen molar-refractivity contribution in [2.24, 2.45) is 11.7 Å². The Morgan fingerprint density at radius 2 is 2.14 bits per heavy atom. The van der Waals surface area contributed by atoms with E-state index in [2.05, 4.69) is 18.7 Å². The molecule has 2 atom stereocenters. The molecule has 1 aliphatic carbocycles. The number of methoxy groups -OCH3 is 1. The van der Waals surface area contributed by atoms with Crippen LogP contribution < -0.4 is 5.73 Å². The fourth-order valence-corrected chi connectivity index (χ4v) is 2.24. The molecular weight excluding hydrogens is 176 g/mol. The van der Waals surface area contributed by atoms with Gasteiger partial charge in [-0.3, -0.25) is 4.90 Å². The summed E-state index contributed by atoms with van der Waals surface area (Å²) < 4.78 is 5.20. The number of rotatable bonds is 7. The minimum absolute atomic E-state index is 0.493. The van der Waals surface area contributed by atoms with Crippen LogP contribution in [-0.2, 0) is 4.74 Å². The molecule has 0 saturated heterocycles. The maximum atomic E-state index is 5.85. The zero-order valence-corrected chi connectivity index (χ0v) is 9.70. The van der Waals surface area contributed by atoms with Crippen molar-refractivity contribution in [1.82, 2.24) is 4.90 Å². The van der Waals surface area contributed by atoms with E-state index in [1.54, 1.807) is 7.11 Å². The molecule has 0 aliphatic heterocycles. The van der Waals surface area contributed by atoms with Gasteiger partial charge in [-0.2, -0.15) is 0 Å². The van der Waals surface area contributed by atoms with Crippen LogP contribution in [0.4, 0.5) is 0 Å². The quantitative estimate of drug-likeness (QED) is 0.668. The van der Waals surface area contributed by atoms with Gasteiger partial charge in [0.2, 0.25) is 0 Å². The topological polar surface area (TPSA) is 38.5 Å². The summed E-state index contributed by atoms with van der Waals surface area (Å²) in [4.78, 5) is 2.55. The Hall–Kier alpha value is -0.120. The Morgan fingerprint density at radius 3 is 2.50 bits per heavy atom. The van der Waals surface area contributed by atoms with Crippen LogP contribution in [0.2, 0.25) is 0 Å². The lowest BCUT2D eigenvalue weighted by Crippen LogP contribution is -2.47. The zero-order valence-electron chi connectivity index (χ0n) is 9.70. The lowest BCUT2D eigenvalue weighted by atomic mass is 10.0. The standard InChI is InChI=1S/C11H24N2O/c1-4-13(10-5-6-10)11(7-12)9(2)8-14-3/h9-11H,4-8,12H2,1-3H3. The summed E-state index contributed by atoms with van der Waals surface area (Å²) in [6.45, 7) is 7.12. The van der Waals surface area contributed by atoms with Crippen molar-refractivity contribution >= 4 is 0 Å². The number of ether oxygens (including phenoxy) is 1. The Balaban J connectivity index is 2.48. The normalized spacial score (nSPS) is 21.2. The smallest absolute Gasteiger partial charge is 0.0503 e. The second kappa shape index (κ2) is 5.69. The molecule has 0 bridgehead atoms. The number of nitrogens with two attached hydrogens (primary N) is 1. The lowest BCUT2D eigenvalue weighted by molar-refractivity contribution is 0.0835. The van der Waals surface area contributed by atoms with E-state index in [0.717, 1.165) is 25.7 Å². The molecule has 0 amide bonds. The van der Waals surface area contributed by atoms with Crippen molar-refractivity contribution in [3.8, 4) is 0 Å². The van der Waals surface area contributed by atoms with Crippen molar-refractivity contribution < 1.29 is 4.74 Å². The molecule has 3 nitrogen and oxygen atoms in total. The van der Waals surface area contributed by atoms with E-state index in [1.807, 2.05) is 0 Å². The maximum absolute atomic E-state index is 5.85. The van der Waals surface area contributed by atoms with E-state index in [-0.39, 0.29) is 0 Å². The summed E-state index contributed by atoms with van der Waals surface area (Å²) >= 11 is 0. The highest BCUT2D eigenvalue weighted by molar-refractivity contribution is 4.90. The third kappa shape index (κ3) is 2.94. The van der Waals surface area contributed by atoms with Gasteiger partial charge in [0.05, 0.1) is 6.61 Å². The van der Waals surface area contributed by atoms with Crippen molar-refractivity contribution in [3.05, 3.63) is 0 Å². The Labute approximate surface area is 87.6 Å². The average Bonchev–Trinajstić information content (AvgIpc) is 2.97. The van der Waals surface area contributed by atoms with Crippen molar-refractivity contribution in [1.29, 1.82) is 0 Å². The van der Waals surface area contributed by atoms with Gasteiger partial charge in [0, 0.05) is 25.7 Å². The van der Waals surface area contributed by atoms with Gasteiger partial charge < -0.3 is 10.5 Å². The van der Waals surface area contributed by atoms with E-state index in [0.29, 0.717) is 12.0 Å².